The van der Waals surface area contributed by atoms with E-state index in [0.717, 1.165) is 19.3 Å². The molecule has 0 amide bonds. The molecule has 0 aliphatic carbocycles. The van der Waals surface area contributed by atoms with Gasteiger partial charge in [-0.3, -0.25) is 19.2 Å². The highest BCUT2D eigenvalue weighted by molar-refractivity contribution is 5.69. The first-order valence-corrected chi connectivity index (χ1v) is 16.1. The zero-order chi connectivity index (χ0) is 30.3. The molecular weight excluding hydrogens is 528 g/mol. The average Bonchev–Trinajstić information content (AvgIpc) is 2.90. The zero-order valence-electron chi connectivity index (χ0n) is 26.1. The van der Waals surface area contributed by atoms with Crippen LogP contribution in [-0.2, 0) is 42.9 Å². The van der Waals surface area contributed by atoms with Crippen molar-refractivity contribution in [2.45, 2.75) is 174 Å². The lowest BCUT2D eigenvalue weighted by atomic mass is 10.0. The largest absolute Gasteiger partial charge is 0.463 e. The van der Waals surface area contributed by atoms with Crippen LogP contribution in [0.2, 0.25) is 0 Å². The van der Waals surface area contributed by atoms with Crippen LogP contribution in [0.1, 0.15) is 150 Å². The Morgan fingerprint density at radius 3 is 1.51 bits per heavy atom. The molecule has 1 aliphatic heterocycles. The van der Waals surface area contributed by atoms with Crippen LogP contribution in [0, 0.1) is 0 Å². The van der Waals surface area contributed by atoms with Crippen LogP contribution in [0.4, 0.5) is 0 Å². The minimum atomic E-state index is -1.01. The molecule has 0 bridgehead atoms. The molecule has 41 heavy (non-hydrogen) atoms. The van der Waals surface area contributed by atoms with E-state index < -0.39 is 48.5 Å². The topological polar surface area (TPSA) is 114 Å². The van der Waals surface area contributed by atoms with Crippen LogP contribution in [-0.4, -0.2) is 55.1 Å². The Hall–Kier alpha value is -2.16. The summed E-state index contributed by atoms with van der Waals surface area (Å²) in [7, 11) is 0. The second-order valence-electron chi connectivity index (χ2n) is 11.3. The van der Waals surface area contributed by atoms with E-state index in [0.29, 0.717) is 0 Å². The highest BCUT2D eigenvalue weighted by atomic mass is 16.7. The van der Waals surface area contributed by atoms with Crippen LogP contribution in [0.25, 0.3) is 0 Å². The smallest absolute Gasteiger partial charge is 0.308 e. The van der Waals surface area contributed by atoms with Gasteiger partial charge in [0.25, 0.3) is 0 Å². The first-order chi connectivity index (χ1) is 19.7. The van der Waals surface area contributed by atoms with Gasteiger partial charge in [0.1, 0.15) is 18.8 Å². The molecular formula is C32H56O9. The van der Waals surface area contributed by atoms with E-state index in [9.17, 15) is 19.2 Å². The lowest BCUT2D eigenvalue weighted by Gasteiger charge is -2.39. The van der Waals surface area contributed by atoms with Crippen molar-refractivity contribution in [3.05, 3.63) is 0 Å². The first-order valence-electron chi connectivity index (χ1n) is 16.1. The molecule has 0 unspecified atom stereocenters. The fourth-order valence-electron chi connectivity index (χ4n) is 5.17. The van der Waals surface area contributed by atoms with Crippen molar-refractivity contribution >= 4 is 23.9 Å². The number of esters is 4. The maximum absolute atomic E-state index is 12.5. The monoisotopic (exact) mass is 584 g/mol. The van der Waals surface area contributed by atoms with Gasteiger partial charge in [-0.05, 0) is 6.42 Å². The normalized spacial score (nSPS) is 20.3. The summed E-state index contributed by atoms with van der Waals surface area (Å²) in [4.78, 5) is 47.0. The fraction of sp³-hybridized carbons (Fsp3) is 0.875. The molecule has 4 atom stereocenters. The van der Waals surface area contributed by atoms with E-state index in [2.05, 4.69) is 6.92 Å². The Morgan fingerprint density at radius 1 is 0.610 bits per heavy atom. The number of carbonyl (C=O) groups is 4. The maximum Gasteiger partial charge on any atom is 0.308 e. The van der Waals surface area contributed by atoms with Gasteiger partial charge < -0.3 is 23.7 Å². The zero-order valence-corrected chi connectivity index (χ0v) is 26.1. The number of rotatable bonds is 23. The van der Waals surface area contributed by atoms with Crippen molar-refractivity contribution in [2.24, 2.45) is 0 Å². The molecule has 238 valence electrons. The van der Waals surface area contributed by atoms with E-state index in [4.69, 9.17) is 23.7 Å². The standard InChI is InChI=1S/C32H56O9/c1-5-6-7-8-9-10-11-12-13-14-15-16-17-18-19-20-21-22-30(36)41-31-23-28(38-26(3)34)32(39-27(4)35)29(40-31)24-37-25(2)33/h28-29,31-32H,5-24H2,1-4H3/t28-,29-,31-,32+/m1/s1. The van der Waals surface area contributed by atoms with Crippen LogP contribution in [0.3, 0.4) is 0 Å². The molecule has 0 spiro atoms. The summed E-state index contributed by atoms with van der Waals surface area (Å²) in [5.41, 5.74) is 0. The van der Waals surface area contributed by atoms with Crippen molar-refractivity contribution in [1.29, 1.82) is 0 Å². The SMILES string of the molecule is CCCCCCCCCCCCCCCCCCCC(=O)O[C@@H]1C[C@@H](OC(C)=O)[C@H](OC(C)=O)[C@@H](COC(C)=O)O1. The quantitative estimate of drug-likeness (QED) is 0.0703. The Bertz CT molecular complexity index is 739. The summed E-state index contributed by atoms with van der Waals surface area (Å²) in [6.45, 7) is 5.72. The number of unbranched alkanes of at least 4 members (excludes halogenated alkanes) is 16. The average molecular weight is 585 g/mol. The number of carbonyl (C=O) groups excluding carboxylic acids is 4. The molecule has 9 heteroatoms. The third-order valence-corrected chi connectivity index (χ3v) is 7.30. The molecule has 0 aromatic heterocycles. The Labute approximate surface area is 247 Å². The predicted molar refractivity (Wildman–Crippen MR) is 156 cm³/mol. The molecule has 1 fully saturated rings. The van der Waals surface area contributed by atoms with Crippen molar-refractivity contribution in [3.8, 4) is 0 Å². The number of hydrogen-bond donors (Lipinski definition) is 0. The van der Waals surface area contributed by atoms with Gasteiger partial charge in [-0.2, -0.15) is 0 Å². The first kappa shape index (κ1) is 36.9. The minimum absolute atomic E-state index is 0.0128. The molecule has 0 saturated carbocycles. The lowest BCUT2D eigenvalue weighted by molar-refractivity contribution is -0.260. The van der Waals surface area contributed by atoms with Gasteiger partial charge in [-0.25, -0.2) is 0 Å². The second-order valence-corrected chi connectivity index (χ2v) is 11.3. The van der Waals surface area contributed by atoms with E-state index in [1.165, 1.54) is 111 Å². The maximum atomic E-state index is 12.5. The van der Waals surface area contributed by atoms with Gasteiger partial charge >= 0.3 is 23.9 Å². The molecule has 0 aromatic carbocycles. The van der Waals surface area contributed by atoms with Gasteiger partial charge in [0.15, 0.2) is 6.10 Å². The molecule has 9 nitrogen and oxygen atoms in total. The molecule has 0 aromatic rings. The van der Waals surface area contributed by atoms with Crippen LogP contribution >= 0.6 is 0 Å². The van der Waals surface area contributed by atoms with E-state index in [1.807, 2.05) is 0 Å². The fourth-order valence-corrected chi connectivity index (χ4v) is 5.17. The predicted octanol–water partition coefficient (Wildman–Crippen LogP) is 7.11. The summed E-state index contributed by atoms with van der Waals surface area (Å²) in [6.07, 6.45) is 18.0. The van der Waals surface area contributed by atoms with Crippen molar-refractivity contribution in [3.63, 3.8) is 0 Å². The molecule has 1 aliphatic rings. The van der Waals surface area contributed by atoms with Gasteiger partial charge in [-0.15, -0.1) is 0 Å². The van der Waals surface area contributed by atoms with Gasteiger partial charge in [0.05, 0.1) is 6.42 Å². The summed E-state index contributed by atoms with van der Waals surface area (Å²) in [6, 6.07) is 0. The van der Waals surface area contributed by atoms with E-state index in [1.54, 1.807) is 0 Å². The van der Waals surface area contributed by atoms with Crippen LogP contribution in [0.15, 0.2) is 0 Å². The Morgan fingerprint density at radius 2 is 1.07 bits per heavy atom. The van der Waals surface area contributed by atoms with Crippen molar-refractivity contribution < 1.29 is 42.9 Å². The summed E-state index contributed by atoms with van der Waals surface area (Å²) in [5.74, 6) is -2.13. The third-order valence-electron chi connectivity index (χ3n) is 7.30. The lowest BCUT2D eigenvalue weighted by Crippen LogP contribution is -2.54. The minimum Gasteiger partial charge on any atom is -0.463 e. The summed E-state index contributed by atoms with van der Waals surface area (Å²) < 4.78 is 26.9. The molecule has 0 radical (unpaired) electrons. The molecule has 1 rings (SSSR count). The van der Waals surface area contributed by atoms with Gasteiger partial charge in [0.2, 0.25) is 6.29 Å². The van der Waals surface area contributed by atoms with Gasteiger partial charge in [0, 0.05) is 27.2 Å². The summed E-state index contributed by atoms with van der Waals surface area (Å²) in [5, 5.41) is 0. The van der Waals surface area contributed by atoms with Crippen LogP contribution in [0.5, 0.6) is 0 Å². The number of hydrogen-bond acceptors (Lipinski definition) is 9. The Balaban J connectivity index is 2.20. The van der Waals surface area contributed by atoms with Crippen LogP contribution < -0.4 is 0 Å². The van der Waals surface area contributed by atoms with Crippen molar-refractivity contribution in [1.82, 2.24) is 0 Å². The second kappa shape index (κ2) is 23.4. The highest BCUT2D eigenvalue weighted by Crippen LogP contribution is 2.27. The molecule has 0 N–H and O–H groups in total. The molecule has 1 heterocycles. The van der Waals surface area contributed by atoms with E-state index in [-0.39, 0.29) is 19.4 Å². The van der Waals surface area contributed by atoms with E-state index >= 15 is 0 Å². The molecule has 1 saturated heterocycles. The summed E-state index contributed by atoms with van der Waals surface area (Å²) >= 11 is 0. The van der Waals surface area contributed by atoms with Gasteiger partial charge in [-0.1, -0.05) is 110 Å². The highest BCUT2D eigenvalue weighted by Gasteiger charge is 2.45. The Kier molecular flexibility index (Phi) is 21.0. The van der Waals surface area contributed by atoms with Crippen molar-refractivity contribution in [2.75, 3.05) is 6.61 Å². The third kappa shape index (κ3) is 19.6. The number of ether oxygens (including phenoxy) is 5.